The van der Waals surface area contributed by atoms with Crippen molar-refractivity contribution in [3.05, 3.63) is 77.0 Å². The zero-order valence-corrected chi connectivity index (χ0v) is 20.2. The summed E-state index contributed by atoms with van der Waals surface area (Å²) in [6.07, 6.45) is 0. The lowest BCUT2D eigenvalue weighted by Gasteiger charge is -2.42. The zero-order valence-electron chi connectivity index (χ0n) is 20.2. The fraction of sp³-hybridized carbons (Fsp3) is 0.385. The van der Waals surface area contributed by atoms with E-state index in [2.05, 4.69) is 4.98 Å². The standard InChI is InChI=1S/C19H24F2N4O.C7H7F/c1-11(2)17-16(12-6-5-7-13(20)15(12)21)23-18-19(3,4)25(14(26)10-22)9-8-24(17)18;1-6-2-4-7(8)5-3-6/h5-7,11H,8-10,22H2,1-4H3;2-5H,1H3. The molecule has 3 aromatic rings. The first-order valence-corrected chi connectivity index (χ1v) is 11.3. The summed E-state index contributed by atoms with van der Waals surface area (Å²) in [5, 5.41) is 0. The Labute approximate surface area is 198 Å². The summed E-state index contributed by atoms with van der Waals surface area (Å²) in [7, 11) is 0. The van der Waals surface area contributed by atoms with Crippen molar-refractivity contribution in [3.63, 3.8) is 0 Å². The van der Waals surface area contributed by atoms with Gasteiger partial charge < -0.3 is 15.2 Å². The topological polar surface area (TPSA) is 64.2 Å². The monoisotopic (exact) mass is 472 g/mol. The Bertz CT molecular complexity index is 1150. The molecule has 1 aliphatic rings. The largest absolute Gasteiger partial charge is 0.327 e. The number of imidazole rings is 1. The van der Waals surface area contributed by atoms with E-state index in [1.54, 1.807) is 17.0 Å². The summed E-state index contributed by atoms with van der Waals surface area (Å²) in [6, 6.07) is 10.5. The number of benzene rings is 2. The zero-order chi connectivity index (χ0) is 25.2. The third-order valence-electron chi connectivity index (χ3n) is 6.02. The number of aryl methyl sites for hydroxylation is 1. The number of hydrogen-bond donors (Lipinski definition) is 1. The van der Waals surface area contributed by atoms with E-state index in [1.165, 1.54) is 24.3 Å². The first-order chi connectivity index (χ1) is 16.0. The van der Waals surface area contributed by atoms with Crippen LogP contribution in [-0.4, -0.2) is 33.4 Å². The highest BCUT2D eigenvalue weighted by Crippen LogP contribution is 2.39. The van der Waals surface area contributed by atoms with Gasteiger partial charge >= 0.3 is 0 Å². The summed E-state index contributed by atoms with van der Waals surface area (Å²) in [5.74, 6) is -1.42. The number of hydrogen-bond acceptors (Lipinski definition) is 3. The minimum Gasteiger partial charge on any atom is -0.327 e. The molecular formula is C26H31F3N4O. The van der Waals surface area contributed by atoms with E-state index >= 15 is 0 Å². The molecule has 182 valence electrons. The predicted molar refractivity (Wildman–Crippen MR) is 127 cm³/mol. The highest BCUT2D eigenvalue weighted by molar-refractivity contribution is 5.79. The Morgan fingerprint density at radius 1 is 1.09 bits per heavy atom. The first-order valence-electron chi connectivity index (χ1n) is 11.3. The third kappa shape index (κ3) is 4.87. The Hall–Kier alpha value is -3.13. The minimum absolute atomic E-state index is 0.0569. The van der Waals surface area contributed by atoms with E-state index in [0.717, 1.165) is 17.3 Å². The van der Waals surface area contributed by atoms with Crippen LogP contribution in [0.3, 0.4) is 0 Å². The second kappa shape index (κ2) is 10.0. The molecule has 34 heavy (non-hydrogen) atoms. The first kappa shape index (κ1) is 25.5. The second-order valence-electron chi connectivity index (χ2n) is 9.18. The van der Waals surface area contributed by atoms with Gasteiger partial charge in [0.25, 0.3) is 0 Å². The van der Waals surface area contributed by atoms with Crippen molar-refractivity contribution >= 4 is 5.91 Å². The SMILES string of the molecule is CC(C)c1c(-c2cccc(F)c2F)nc2n1CCN(C(=O)CN)C2(C)C.Cc1ccc(F)cc1. The summed E-state index contributed by atoms with van der Waals surface area (Å²) in [6.45, 7) is 10.7. The molecule has 2 N–H and O–H groups in total. The number of rotatable bonds is 3. The molecule has 0 bridgehead atoms. The highest BCUT2D eigenvalue weighted by Gasteiger charge is 2.41. The number of halogens is 3. The summed E-state index contributed by atoms with van der Waals surface area (Å²) in [4.78, 5) is 18.6. The molecule has 1 aliphatic heterocycles. The molecule has 0 saturated heterocycles. The van der Waals surface area contributed by atoms with Gasteiger partial charge in [-0.3, -0.25) is 4.79 Å². The van der Waals surface area contributed by atoms with E-state index < -0.39 is 17.2 Å². The predicted octanol–water partition coefficient (Wildman–Crippen LogP) is 5.12. The van der Waals surface area contributed by atoms with Crippen LogP contribution in [0.4, 0.5) is 13.2 Å². The molecule has 1 amide bonds. The molecule has 0 radical (unpaired) electrons. The smallest absolute Gasteiger partial charge is 0.237 e. The van der Waals surface area contributed by atoms with Crippen LogP contribution in [0.2, 0.25) is 0 Å². The van der Waals surface area contributed by atoms with Gasteiger partial charge in [0.15, 0.2) is 11.6 Å². The van der Waals surface area contributed by atoms with Crippen molar-refractivity contribution in [2.45, 2.75) is 52.6 Å². The van der Waals surface area contributed by atoms with Crippen LogP contribution >= 0.6 is 0 Å². The van der Waals surface area contributed by atoms with Crippen molar-refractivity contribution in [1.29, 1.82) is 0 Å². The van der Waals surface area contributed by atoms with Crippen LogP contribution in [0.5, 0.6) is 0 Å². The average molecular weight is 473 g/mol. The van der Waals surface area contributed by atoms with Gasteiger partial charge in [0.05, 0.1) is 17.8 Å². The molecule has 0 fully saturated rings. The maximum Gasteiger partial charge on any atom is 0.237 e. The van der Waals surface area contributed by atoms with Gasteiger partial charge in [-0.1, -0.05) is 37.6 Å². The molecule has 2 aromatic carbocycles. The summed E-state index contributed by atoms with van der Waals surface area (Å²) in [5.41, 5.74) is 7.36. The lowest BCUT2D eigenvalue weighted by Crippen LogP contribution is -2.53. The van der Waals surface area contributed by atoms with Gasteiger partial charge in [-0.2, -0.15) is 0 Å². The summed E-state index contributed by atoms with van der Waals surface area (Å²) < 4.78 is 42.3. The number of carbonyl (C=O) groups is 1. The number of fused-ring (bicyclic) bond motifs is 1. The normalized spacial score (nSPS) is 14.5. The second-order valence-corrected chi connectivity index (χ2v) is 9.18. The van der Waals surface area contributed by atoms with Crippen LogP contribution in [-0.2, 0) is 16.9 Å². The summed E-state index contributed by atoms with van der Waals surface area (Å²) >= 11 is 0. The fourth-order valence-corrected chi connectivity index (χ4v) is 4.31. The van der Waals surface area contributed by atoms with Crippen molar-refractivity contribution in [3.8, 4) is 11.3 Å². The average Bonchev–Trinajstić information content (AvgIpc) is 3.19. The van der Waals surface area contributed by atoms with Crippen molar-refractivity contribution < 1.29 is 18.0 Å². The Kier molecular flexibility index (Phi) is 7.51. The van der Waals surface area contributed by atoms with Crippen molar-refractivity contribution in [2.75, 3.05) is 13.1 Å². The number of nitrogens with zero attached hydrogens (tertiary/aromatic N) is 3. The molecule has 1 aromatic heterocycles. The van der Waals surface area contributed by atoms with Gasteiger partial charge in [0.1, 0.15) is 11.6 Å². The molecule has 0 saturated carbocycles. The molecule has 0 atom stereocenters. The Morgan fingerprint density at radius 3 is 2.29 bits per heavy atom. The lowest BCUT2D eigenvalue weighted by atomic mass is 9.98. The molecular weight excluding hydrogens is 441 g/mol. The van der Waals surface area contributed by atoms with E-state index in [4.69, 9.17) is 5.73 Å². The van der Waals surface area contributed by atoms with Gasteiger partial charge in [-0.15, -0.1) is 0 Å². The van der Waals surface area contributed by atoms with E-state index in [-0.39, 0.29) is 29.8 Å². The molecule has 5 nitrogen and oxygen atoms in total. The molecule has 0 spiro atoms. The fourth-order valence-electron chi connectivity index (χ4n) is 4.31. The van der Waals surface area contributed by atoms with E-state index in [0.29, 0.717) is 24.6 Å². The molecule has 0 unspecified atom stereocenters. The van der Waals surface area contributed by atoms with Crippen LogP contribution in [0, 0.1) is 24.4 Å². The van der Waals surface area contributed by atoms with E-state index in [1.807, 2.05) is 39.2 Å². The van der Waals surface area contributed by atoms with Gasteiger partial charge in [0, 0.05) is 24.3 Å². The number of aromatic nitrogens is 2. The molecule has 4 rings (SSSR count). The van der Waals surface area contributed by atoms with Crippen molar-refractivity contribution in [2.24, 2.45) is 5.73 Å². The molecule has 8 heteroatoms. The Balaban J connectivity index is 0.000000343. The van der Waals surface area contributed by atoms with Crippen LogP contribution in [0.25, 0.3) is 11.3 Å². The number of carbonyl (C=O) groups excluding carboxylic acids is 1. The molecule has 2 heterocycles. The number of amides is 1. The van der Waals surface area contributed by atoms with E-state index in [9.17, 15) is 18.0 Å². The van der Waals surface area contributed by atoms with Crippen LogP contribution < -0.4 is 5.73 Å². The minimum atomic E-state index is -0.905. The van der Waals surface area contributed by atoms with Crippen LogP contribution in [0.1, 0.15) is 50.7 Å². The third-order valence-corrected chi connectivity index (χ3v) is 6.02. The maximum atomic E-state index is 14.4. The Morgan fingerprint density at radius 2 is 1.74 bits per heavy atom. The van der Waals surface area contributed by atoms with Crippen LogP contribution in [0.15, 0.2) is 42.5 Å². The van der Waals surface area contributed by atoms with Gasteiger partial charge in [-0.05, 0) is 51.0 Å². The van der Waals surface area contributed by atoms with Gasteiger partial charge in [0.2, 0.25) is 5.91 Å². The molecule has 0 aliphatic carbocycles. The highest BCUT2D eigenvalue weighted by atomic mass is 19.2. The number of nitrogens with two attached hydrogens (primary N) is 1. The maximum absolute atomic E-state index is 14.4. The quantitative estimate of drug-likeness (QED) is 0.575. The van der Waals surface area contributed by atoms with Crippen molar-refractivity contribution in [1.82, 2.24) is 14.5 Å². The van der Waals surface area contributed by atoms with Gasteiger partial charge in [-0.25, -0.2) is 18.2 Å². The lowest BCUT2D eigenvalue weighted by molar-refractivity contribution is -0.137.